The number of amides is 2. The standard InChI is InChI=1S/C25H32N6O3/c1-18-20(17-28-30(18)2)23-15-22(29-34-23)25(33)31-13-7-6-11-26-21(19-9-4-3-5-10-19)16-24(32)27-12-8-14-31/h3-5,9-10,15,17,21,26H,6-8,11-14,16H2,1-2H3,(H,27,32). The smallest absolute Gasteiger partial charge is 0.276 e. The molecule has 1 aliphatic heterocycles. The number of benzene rings is 1. The summed E-state index contributed by atoms with van der Waals surface area (Å²) in [4.78, 5) is 27.5. The molecule has 1 aliphatic rings. The molecule has 1 aromatic carbocycles. The van der Waals surface area contributed by atoms with Gasteiger partial charge in [0.2, 0.25) is 5.91 Å². The van der Waals surface area contributed by atoms with Crippen LogP contribution in [0.4, 0.5) is 0 Å². The van der Waals surface area contributed by atoms with Gasteiger partial charge in [-0.2, -0.15) is 5.10 Å². The fourth-order valence-electron chi connectivity index (χ4n) is 4.17. The van der Waals surface area contributed by atoms with E-state index in [1.165, 1.54) is 0 Å². The van der Waals surface area contributed by atoms with Crippen LogP contribution < -0.4 is 10.6 Å². The molecular weight excluding hydrogens is 432 g/mol. The average Bonchev–Trinajstić information content (AvgIpc) is 3.46. The summed E-state index contributed by atoms with van der Waals surface area (Å²) in [6.07, 6.45) is 4.53. The number of aromatic nitrogens is 3. The van der Waals surface area contributed by atoms with Crippen LogP contribution in [-0.4, -0.2) is 57.8 Å². The lowest BCUT2D eigenvalue weighted by molar-refractivity contribution is -0.121. The molecular formula is C25H32N6O3. The van der Waals surface area contributed by atoms with Gasteiger partial charge in [-0.25, -0.2) is 0 Å². The van der Waals surface area contributed by atoms with Gasteiger partial charge in [0.1, 0.15) is 0 Å². The fraction of sp³-hybridized carbons (Fsp3) is 0.440. The molecule has 4 rings (SSSR count). The van der Waals surface area contributed by atoms with Crippen molar-refractivity contribution in [3.8, 4) is 11.3 Å². The van der Waals surface area contributed by atoms with Crippen molar-refractivity contribution in [3.05, 3.63) is 59.5 Å². The van der Waals surface area contributed by atoms with Gasteiger partial charge in [0.25, 0.3) is 5.91 Å². The van der Waals surface area contributed by atoms with E-state index in [4.69, 9.17) is 4.52 Å². The topological polar surface area (TPSA) is 105 Å². The Morgan fingerprint density at radius 1 is 1.12 bits per heavy atom. The molecule has 9 heteroatoms. The van der Waals surface area contributed by atoms with E-state index >= 15 is 0 Å². The Labute approximate surface area is 199 Å². The predicted octanol–water partition coefficient (Wildman–Crippen LogP) is 2.85. The average molecular weight is 465 g/mol. The molecule has 1 unspecified atom stereocenters. The highest BCUT2D eigenvalue weighted by Crippen LogP contribution is 2.24. The number of carbonyl (C=O) groups excluding carboxylic acids is 2. The van der Waals surface area contributed by atoms with Gasteiger partial charge in [-0.15, -0.1) is 0 Å². The minimum atomic E-state index is -0.159. The van der Waals surface area contributed by atoms with E-state index in [-0.39, 0.29) is 23.6 Å². The van der Waals surface area contributed by atoms with Crippen LogP contribution in [0.15, 0.2) is 47.1 Å². The Bertz CT molecular complexity index is 1110. The largest absolute Gasteiger partial charge is 0.356 e. The van der Waals surface area contributed by atoms with Crippen LogP contribution in [-0.2, 0) is 11.8 Å². The maximum Gasteiger partial charge on any atom is 0.276 e. The number of rotatable bonds is 3. The molecule has 9 nitrogen and oxygen atoms in total. The summed E-state index contributed by atoms with van der Waals surface area (Å²) in [5.41, 5.74) is 3.15. The van der Waals surface area contributed by atoms with Crippen LogP contribution in [0.25, 0.3) is 11.3 Å². The zero-order chi connectivity index (χ0) is 23.9. The first-order valence-electron chi connectivity index (χ1n) is 11.8. The quantitative estimate of drug-likeness (QED) is 0.618. The molecule has 34 heavy (non-hydrogen) atoms. The van der Waals surface area contributed by atoms with Crippen molar-refractivity contribution in [2.45, 2.75) is 38.6 Å². The van der Waals surface area contributed by atoms with E-state index in [9.17, 15) is 9.59 Å². The minimum Gasteiger partial charge on any atom is -0.356 e. The summed E-state index contributed by atoms with van der Waals surface area (Å²) in [6.45, 7) is 4.39. The molecule has 0 spiro atoms. The summed E-state index contributed by atoms with van der Waals surface area (Å²) in [6, 6.07) is 11.7. The van der Waals surface area contributed by atoms with Crippen molar-refractivity contribution in [1.82, 2.24) is 30.5 Å². The van der Waals surface area contributed by atoms with Gasteiger partial charge < -0.3 is 20.1 Å². The van der Waals surface area contributed by atoms with E-state index in [1.807, 2.05) is 44.3 Å². The van der Waals surface area contributed by atoms with Crippen molar-refractivity contribution in [2.75, 3.05) is 26.2 Å². The van der Waals surface area contributed by atoms with Gasteiger partial charge in [-0.1, -0.05) is 35.5 Å². The van der Waals surface area contributed by atoms with Gasteiger partial charge >= 0.3 is 0 Å². The van der Waals surface area contributed by atoms with Crippen LogP contribution in [0.1, 0.15) is 53.5 Å². The fourth-order valence-corrected chi connectivity index (χ4v) is 4.17. The normalized spacial score (nSPS) is 18.5. The lowest BCUT2D eigenvalue weighted by atomic mass is 10.0. The Balaban J connectivity index is 1.41. The van der Waals surface area contributed by atoms with E-state index in [1.54, 1.807) is 21.8 Å². The van der Waals surface area contributed by atoms with Crippen LogP contribution in [0, 0.1) is 6.92 Å². The van der Waals surface area contributed by atoms with Crippen molar-refractivity contribution in [2.24, 2.45) is 7.05 Å². The van der Waals surface area contributed by atoms with Crippen molar-refractivity contribution in [1.29, 1.82) is 0 Å². The van der Waals surface area contributed by atoms with Crippen LogP contribution >= 0.6 is 0 Å². The molecule has 0 aliphatic carbocycles. The van der Waals surface area contributed by atoms with Crippen LogP contribution in [0.5, 0.6) is 0 Å². The molecule has 3 heterocycles. The molecule has 2 amide bonds. The van der Waals surface area contributed by atoms with Gasteiger partial charge in [0.15, 0.2) is 11.5 Å². The molecule has 1 saturated heterocycles. The summed E-state index contributed by atoms with van der Waals surface area (Å²) < 4.78 is 7.21. The highest BCUT2D eigenvalue weighted by molar-refractivity contribution is 5.93. The number of carbonyl (C=O) groups is 2. The SMILES string of the molecule is Cc1c(-c2cc(C(=O)N3CCCCNC(c4ccccc4)CC(=O)NCCC3)no2)cnn1C. The number of aryl methyl sites for hydroxylation is 1. The third kappa shape index (κ3) is 5.72. The van der Waals surface area contributed by atoms with Gasteiger partial charge in [0.05, 0.1) is 11.8 Å². The molecule has 1 atom stereocenters. The summed E-state index contributed by atoms with van der Waals surface area (Å²) in [5, 5.41) is 14.8. The number of hydrogen-bond donors (Lipinski definition) is 2. The first-order chi connectivity index (χ1) is 16.5. The summed E-state index contributed by atoms with van der Waals surface area (Å²) in [5.74, 6) is 0.377. The molecule has 0 bridgehead atoms. The van der Waals surface area contributed by atoms with Crippen molar-refractivity contribution >= 4 is 11.8 Å². The molecule has 180 valence electrons. The van der Waals surface area contributed by atoms with E-state index in [0.29, 0.717) is 38.2 Å². The lowest BCUT2D eigenvalue weighted by Gasteiger charge is -2.21. The third-order valence-corrected chi connectivity index (χ3v) is 6.28. The van der Waals surface area contributed by atoms with Gasteiger partial charge in [-0.05, 0) is 38.3 Å². The third-order valence-electron chi connectivity index (χ3n) is 6.28. The highest BCUT2D eigenvalue weighted by Gasteiger charge is 2.22. The second kappa shape index (κ2) is 11.1. The predicted molar refractivity (Wildman–Crippen MR) is 128 cm³/mol. The number of nitrogens with one attached hydrogen (secondary N) is 2. The zero-order valence-corrected chi connectivity index (χ0v) is 19.8. The van der Waals surface area contributed by atoms with Gasteiger partial charge in [0, 0.05) is 50.9 Å². The van der Waals surface area contributed by atoms with E-state index in [0.717, 1.165) is 36.2 Å². The monoisotopic (exact) mass is 464 g/mol. The molecule has 0 radical (unpaired) electrons. The first kappa shape index (κ1) is 23.7. The maximum absolute atomic E-state index is 13.2. The highest BCUT2D eigenvalue weighted by atomic mass is 16.5. The number of hydrogen-bond acceptors (Lipinski definition) is 6. The van der Waals surface area contributed by atoms with Crippen LogP contribution in [0.3, 0.4) is 0 Å². The summed E-state index contributed by atoms with van der Waals surface area (Å²) in [7, 11) is 1.86. The second-order valence-corrected chi connectivity index (χ2v) is 8.67. The van der Waals surface area contributed by atoms with Gasteiger partial charge in [-0.3, -0.25) is 14.3 Å². The molecule has 1 fully saturated rings. The molecule has 2 N–H and O–H groups in total. The Morgan fingerprint density at radius 3 is 2.68 bits per heavy atom. The first-order valence-corrected chi connectivity index (χ1v) is 11.8. The lowest BCUT2D eigenvalue weighted by Crippen LogP contribution is -2.35. The molecule has 0 saturated carbocycles. The minimum absolute atomic E-state index is 0.00598. The second-order valence-electron chi connectivity index (χ2n) is 8.67. The Hall–Kier alpha value is -3.46. The molecule has 3 aromatic rings. The zero-order valence-electron chi connectivity index (χ0n) is 19.8. The Morgan fingerprint density at radius 2 is 1.91 bits per heavy atom. The van der Waals surface area contributed by atoms with E-state index < -0.39 is 0 Å². The van der Waals surface area contributed by atoms with Crippen LogP contribution in [0.2, 0.25) is 0 Å². The molecule has 2 aromatic heterocycles. The summed E-state index contributed by atoms with van der Waals surface area (Å²) >= 11 is 0. The van der Waals surface area contributed by atoms with E-state index in [2.05, 4.69) is 20.9 Å². The maximum atomic E-state index is 13.2. The van der Waals surface area contributed by atoms with Crippen molar-refractivity contribution < 1.29 is 14.1 Å². The van der Waals surface area contributed by atoms with Crippen molar-refractivity contribution in [3.63, 3.8) is 0 Å². The number of nitrogens with zero attached hydrogens (tertiary/aromatic N) is 4. The Kier molecular flexibility index (Phi) is 7.74.